The van der Waals surface area contributed by atoms with Gasteiger partial charge in [0.05, 0.1) is 6.61 Å². The predicted molar refractivity (Wildman–Crippen MR) is 78.3 cm³/mol. The quantitative estimate of drug-likeness (QED) is 0.776. The number of hydrogen-bond donors (Lipinski definition) is 0. The van der Waals surface area contributed by atoms with Crippen LogP contribution in [0.15, 0.2) is 42.7 Å². The number of carbonyl (C=O) groups excluding carboxylic acids is 1. The molecule has 1 atom stereocenters. The number of hydrogen-bond acceptors (Lipinski definition) is 2. The summed E-state index contributed by atoms with van der Waals surface area (Å²) in [5.74, 6) is 1.59. The second-order valence-corrected chi connectivity index (χ2v) is 5.32. The number of ketones is 1. The Morgan fingerprint density at radius 2 is 2.20 bits per heavy atom. The molecule has 3 rings (SSSR count). The molecule has 1 aromatic carbocycles. The minimum Gasteiger partial charge on any atom is -0.493 e. The molecular formula is C17H19NO2. The Kier molecular flexibility index (Phi) is 3.59. The van der Waals surface area contributed by atoms with Crippen molar-refractivity contribution in [1.82, 2.24) is 4.57 Å². The van der Waals surface area contributed by atoms with Gasteiger partial charge in [0, 0.05) is 42.4 Å². The molecule has 0 saturated heterocycles. The number of fused-ring (bicyclic) bond motifs is 1. The lowest BCUT2D eigenvalue weighted by Gasteiger charge is -2.09. The van der Waals surface area contributed by atoms with Crippen LogP contribution in [0.2, 0.25) is 0 Å². The Morgan fingerprint density at radius 3 is 3.05 bits per heavy atom. The first kappa shape index (κ1) is 13.0. The molecule has 0 aliphatic carbocycles. The summed E-state index contributed by atoms with van der Waals surface area (Å²) < 4.78 is 7.79. The Hall–Kier alpha value is -2.03. The third-order valence-corrected chi connectivity index (χ3v) is 3.78. The van der Waals surface area contributed by atoms with Crippen molar-refractivity contribution in [3.63, 3.8) is 0 Å². The average Bonchev–Trinajstić information content (AvgIpc) is 3.08. The summed E-state index contributed by atoms with van der Waals surface area (Å²) in [6.07, 6.45) is 5.47. The van der Waals surface area contributed by atoms with Crippen molar-refractivity contribution >= 4 is 5.78 Å². The Balaban J connectivity index is 1.72. The summed E-state index contributed by atoms with van der Waals surface area (Å²) in [5, 5.41) is 0. The molecule has 0 spiro atoms. The molecule has 1 aliphatic heterocycles. The number of benzene rings is 1. The highest BCUT2D eigenvalue weighted by atomic mass is 16.5. The smallest absolute Gasteiger partial charge is 0.164 e. The summed E-state index contributed by atoms with van der Waals surface area (Å²) in [6.45, 7) is 3.61. The summed E-state index contributed by atoms with van der Waals surface area (Å²) in [6, 6.07) is 10.1. The molecule has 0 amide bonds. The summed E-state index contributed by atoms with van der Waals surface area (Å²) >= 11 is 0. The number of para-hydroxylation sites is 1. The van der Waals surface area contributed by atoms with Crippen molar-refractivity contribution in [3.05, 3.63) is 53.9 Å². The van der Waals surface area contributed by atoms with Crippen LogP contribution >= 0.6 is 0 Å². The van der Waals surface area contributed by atoms with Gasteiger partial charge in [-0.1, -0.05) is 25.1 Å². The van der Waals surface area contributed by atoms with Crippen LogP contribution in [0.4, 0.5) is 0 Å². The first-order chi connectivity index (χ1) is 9.78. The van der Waals surface area contributed by atoms with Crippen molar-refractivity contribution in [2.75, 3.05) is 6.61 Å². The van der Waals surface area contributed by atoms with Crippen LogP contribution in [0, 0.1) is 0 Å². The average molecular weight is 269 g/mol. The molecular weight excluding hydrogens is 250 g/mol. The van der Waals surface area contributed by atoms with Gasteiger partial charge in [0.1, 0.15) is 5.75 Å². The van der Waals surface area contributed by atoms with Gasteiger partial charge in [0.15, 0.2) is 5.78 Å². The van der Waals surface area contributed by atoms with Crippen molar-refractivity contribution in [3.8, 4) is 5.75 Å². The minimum absolute atomic E-state index is 0.231. The highest BCUT2D eigenvalue weighted by Gasteiger charge is 2.23. The maximum Gasteiger partial charge on any atom is 0.164 e. The monoisotopic (exact) mass is 269 g/mol. The lowest BCUT2D eigenvalue weighted by atomic mass is 10.0. The fourth-order valence-electron chi connectivity index (χ4n) is 2.73. The SMILES string of the molecule is CCCC(=O)c1ccn(CC2COc3ccccc32)c1. The van der Waals surface area contributed by atoms with Gasteiger partial charge in [0.2, 0.25) is 0 Å². The molecule has 3 heteroatoms. The standard InChI is InChI=1S/C17H19NO2/c1-2-5-16(19)13-8-9-18(10-13)11-14-12-20-17-7-4-3-6-15(14)17/h3-4,6-10,14H,2,5,11-12H2,1H3. The maximum atomic E-state index is 11.9. The summed E-state index contributed by atoms with van der Waals surface area (Å²) in [4.78, 5) is 11.9. The van der Waals surface area contributed by atoms with E-state index in [1.165, 1.54) is 5.56 Å². The van der Waals surface area contributed by atoms with Crippen LogP contribution in [0.1, 0.15) is 41.6 Å². The van der Waals surface area contributed by atoms with Crippen LogP contribution in [-0.2, 0) is 6.54 Å². The van der Waals surface area contributed by atoms with Crippen molar-refractivity contribution in [1.29, 1.82) is 0 Å². The van der Waals surface area contributed by atoms with E-state index in [0.29, 0.717) is 12.3 Å². The molecule has 2 heterocycles. The Bertz CT molecular complexity index is 615. The van der Waals surface area contributed by atoms with Gasteiger partial charge in [-0.3, -0.25) is 4.79 Å². The zero-order valence-corrected chi connectivity index (χ0v) is 11.7. The van der Waals surface area contributed by atoms with E-state index >= 15 is 0 Å². The molecule has 0 radical (unpaired) electrons. The molecule has 0 bridgehead atoms. The van der Waals surface area contributed by atoms with Crippen molar-refractivity contribution in [2.45, 2.75) is 32.2 Å². The fourth-order valence-corrected chi connectivity index (χ4v) is 2.73. The molecule has 1 aromatic heterocycles. The van der Waals surface area contributed by atoms with Gasteiger partial charge >= 0.3 is 0 Å². The van der Waals surface area contributed by atoms with Crippen molar-refractivity contribution in [2.24, 2.45) is 0 Å². The van der Waals surface area contributed by atoms with Gasteiger partial charge < -0.3 is 9.30 Å². The van der Waals surface area contributed by atoms with E-state index in [-0.39, 0.29) is 5.78 Å². The summed E-state index contributed by atoms with van der Waals surface area (Å²) in [5.41, 5.74) is 2.08. The minimum atomic E-state index is 0.231. The summed E-state index contributed by atoms with van der Waals surface area (Å²) in [7, 11) is 0. The largest absolute Gasteiger partial charge is 0.493 e. The van der Waals surface area contributed by atoms with E-state index in [1.54, 1.807) is 0 Å². The van der Waals surface area contributed by atoms with Gasteiger partial charge in [-0.25, -0.2) is 0 Å². The third kappa shape index (κ3) is 2.48. The highest BCUT2D eigenvalue weighted by molar-refractivity contribution is 5.95. The Labute approximate surface area is 119 Å². The molecule has 0 N–H and O–H groups in total. The predicted octanol–water partition coefficient (Wildman–Crippen LogP) is 3.65. The third-order valence-electron chi connectivity index (χ3n) is 3.78. The molecule has 1 unspecified atom stereocenters. The zero-order chi connectivity index (χ0) is 13.9. The molecule has 2 aromatic rings. The second-order valence-electron chi connectivity index (χ2n) is 5.32. The second kappa shape index (κ2) is 5.53. The van der Waals surface area contributed by atoms with Gasteiger partial charge in [-0.05, 0) is 18.6 Å². The van der Waals surface area contributed by atoms with Crippen LogP contribution in [-0.4, -0.2) is 17.0 Å². The number of ether oxygens (including phenoxy) is 1. The number of rotatable bonds is 5. The fraction of sp³-hybridized carbons (Fsp3) is 0.353. The van der Waals surface area contributed by atoms with E-state index in [2.05, 4.69) is 10.6 Å². The van der Waals surface area contributed by atoms with Gasteiger partial charge in [-0.2, -0.15) is 0 Å². The molecule has 104 valence electrons. The molecule has 0 fully saturated rings. The number of Topliss-reactive ketones (excluding diaryl/α,β-unsaturated/α-hetero) is 1. The molecule has 20 heavy (non-hydrogen) atoms. The number of nitrogens with zero attached hydrogens (tertiary/aromatic N) is 1. The normalized spacial score (nSPS) is 16.8. The molecule has 1 aliphatic rings. The van der Waals surface area contributed by atoms with Crippen LogP contribution in [0.5, 0.6) is 5.75 Å². The van der Waals surface area contributed by atoms with E-state index in [0.717, 1.165) is 30.9 Å². The van der Waals surface area contributed by atoms with Gasteiger partial charge in [-0.15, -0.1) is 0 Å². The van der Waals surface area contributed by atoms with Gasteiger partial charge in [0.25, 0.3) is 0 Å². The van der Waals surface area contributed by atoms with E-state index in [4.69, 9.17) is 4.74 Å². The number of aromatic nitrogens is 1. The maximum absolute atomic E-state index is 11.9. The first-order valence-electron chi connectivity index (χ1n) is 7.18. The molecule has 0 saturated carbocycles. The first-order valence-corrected chi connectivity index (χ1v) is 7.18. The van der Waals surface area contributed by atoms with E-state index in [9.17, 15) is 4.79 Å². The lowest BCUT2D eigenvalue weighted by Crippen LogP contribution is -2.09. The van der Waals surface area contributed by atoms with E-state index < -0.39 is 0 Å². The van der Waals surface area contributed by atoms with Crippen LogP contribution in [0.25, 0.3) is 0 Å². The number of carbonyl (C=O) groups is 1. The zero-order valence-electron chi connectivity index (χ0n) is 11.7. The lowest BCUT2D eigenvalue weighted by molar-refractivity contribution is 0.0981. The molecule has 3 nitrogen and oxygen atoms in total. The van der Waals surface area contributed by atoms with E-state index in [1.807, 2.05) is 43.6 Å². The topological polar surface area (TPSA) is 31.2 Å². The Morgan fingerprint density at radius 1 is 1.35 bits per heavy atom. The van der Waals surface area contributed by atoms with Crippen molar-refractivity contribution < 1.29 is 9.53 Å². The van der Waals surface area contributed by atoms with Crippen LogP contribution < -0.4 is 4.74 Å². The van der Waals surface area contributed by atoms with Crippen LogP contribution in [0.3, 0.4) is 0 Å². The highest BCUT2D eigenvalue weighted by Crippen LogP contribution is 2.34.